The Balaban J connectivity index is 1.46. The van der Waals surface area contributed by atoms with Crippen LogP contribution in [0.1, 0.15) is 32.7 Å². The van der Waals surface area contributed by atoms with E-state index in [1.54, 1.807) is 13.1 Å². The number of aryl methyl sites for hydroxylation is 1. The first kappa shape index (κ1) is 21.8. The highest BCUT2D eigenvalue weighted by atomic mass is 16.2. The molecule has 0 saturated carbocycles. The van der Waals surface area contributed by atoms with Crippen LogP contribution in [0.4, 0.5) is 17.2 Å². The van der Waals surface area contributed by atoms with Crippen LogP contribution >= 0.6 is 0 Å². The Morgan fingerprint density at radius 1 is 1.09 bits per heavy atom. The SMILES string of the molecule is CC(=O)N1c2ccc(-c3cnn(C4CCNCC4)c3)cc2N(c2nn(C)c3cnccc23)CC1C. The van der Waals surface area contributed by atoms with Gasteiger partial charge in [-0.05, 0) is 56.6 Å². The maximum absolute atomic E-state index is 12.6. The van der Waals surface area contributed by atoms with E-state index in [4.69, 9.17) is 10.2 Å². The monoisotopic (exact) mass is 470 g/mol. The maximum Gasteiger partial charge on any atom is 0.224 e. The smallest absolute Gasteiger partial charge is 0.224 e. The fourth-order valence-electron chi connectivity index (χ4n) is 5.53. The van der Waals surface area contributed by atoms with Gasteiger partial charge in [0.1, 0.15) is 0 Å². The summed E-state index contributed by atoms with van der Waals surface area (Å²) in [4.78, 5) is 21.0. The van der Waals surface area contributed by atoms with Crippen molar-refractivity contribution in [3.8, 4) is 11.1 Å². The van der Waals surface area contributed by atoms with E-state index in [0.29, 0.717) is 12.6 Å². The minimum Gasteiger partial charge on any atom is -0.320 e. The average Bonchev–Trinajstić information content (AvgIpc) is 3.49. The summed E-state index contributed by atoms with van der Waals surface area (Å²) < 4.78 is 3.98. The Morgan fingerprint density at radius 2 is 1.91 bits per heavy atom. The molecule has 1 N–H and O–H groups in total. The third-order valence-electron chi connectivity index (χ3n) is 7.26. The number of carbonyl (C=O) groups excluding carboxylic acids is 1. The summed E-state index contributed by atoms with van der Waals surface area (Å²) in [6, 6.07) is 8.77. The molecule has 5 heterocycles. The van der Waals surface area contributed by atoms with Crippen LogP contribution in [0.25, 0.3) is 22.0 Å². The molecule has 4 aromatic rings. The molecular formula is C26H30N8O. The third kappa shape index (κ3) is 3.67. The molecule has 1 aromatic carbocycles. The van der Waals surface area contributed by atoms with E-state index in [9.17, 15) is 4.79 Å². The van der Waals surface area contributed by atoms with Gasteiger partial charge in [0, 0.05) is 43.9 Å². The molecule has 9 heteroatoms. The lowest BCUT2D eigenvalue weighted by Gasteiger charge is -2.41. The number of hydrogen-bond donors (Lipinski definition) is 1. The standard InChI is InChI=1S/C26H30N8O/c1-17-15-32(26-22-8-11-28-14-25(22)31(3)30-26)24-12-19(4-5-23(24)34(17)18(2)35)20-13-29-33(16-20)21-6-9-27-10-7-21/h4-5,8,11-14,16-17,21,27H,6-7,9-10,15H2,1-3H3. The highest BCUT2D eigenvalue weighted by Gasteiger charge is 2.33. The van der Waals surface area contributed by atoms with Crippen LogP contribution in [0.15, 0.2) is 49.1 Å². The van der Waals surface area contributed by atoms with Crippen molar-refractivity contribution in [2.45, 2.75) is 38.8 Å². The molecule has 2 aliphatic heterocycles. The molecule has 9 nitrogen and oxygen atoms in total. The van der Waals surface area contributed by atoms with Crippen molar-refractivity contribution < 1.29 is 4.79 Å². The number of fused-ring (bicyclic) bond motifs is 2. The van der Waals surface area contributed by atoms with Crippen molar-refractivity contribution in [1.29, 1.82) is 0 Å². The van der Waals surface area contributed by atoms with Crippen LogP contribution in [0.3, 0.4) is 0 Å². The number of pyridine rings is 1. The van der Waals surface area contributed by atoms with Gasteiger partial charge in [0.05, 0.1) is 41.4 Å². The van der Waals surface area contributed by atoms with E-state index in [1.165, 1.54) is 0 Å². The van der Waals surface area contributed by atoms with E-state index in [-0.39, 0.29) is 11.9 Å². The lowest BCUT2D eigenvalue weighted by atomic mass is 10.0. The van der Waals surface area contributed by atoms with Gasteiger partial charge < -0.3 is 15.1 Å². The topological polar surface area (TPSA) is 84.1 Å². The molecule has 0 spiro atoms. The van der Waals surface area contributed by atoms with E-state index < -0.39 is 0 Å². The molecule has 1 saturated heterocycles. The minimum absolute atomic E-state index is 0.00686. The molecule has 0 bridgehead atoms. The van der Waals surface area contributed by atoms with Crippen molar-refractivity contribution in [2.75, 3.05) is 29.4 Å². The predicted octanol–water partition coefficient (Wildman–Crippen LogP) is 3.65. The summed E-state index contributed by atoms with van der Waals surface area (Å²) in [6.07, 6.45) is 9.92. The van der Waals surface area contributed by atoms with E-state index in [1.807, 2.05) is 35.1 Å². The second-order valence-corrected chi connectivity index (χ2v) is 9.58. The normalized spacial score (nSPS) is 18.8. The summed E-state index contributed by atoms with van der Waals surface area (Å²) in [5, 5.41) is 14.0. The maximum atomic E-state index is 12.6. The molecule has 1 amide bonds. The largest absolute Gasteiger partial charge is 0.320 e. The zero-order valence-corrected chi connectivity index (χ0v) is 20.3. The first-order valence-electron chi connectivity index (χ1n) is 12.2. The molecule has 3 aromatic heterocycles. The Bertz CT molecular complexity index is 1400. The number of carbonyl (C=O) groups is 1. The molecular weight excluding hydrogens is 440 g/mol. The van der Waals surface area contributed by atoms with Crippen molar-refractivity contribution in [2.24, 2.45) is 7.05 Å². The number of amides is 1. The van der Waals surface area contributed by atoms with Crippen LogP contribution in [0.5, 0.6) is 0 Å². The first-order chi connectivity index (χ1) is 17.0. The average molecular weight is 471 g/mol. The summed E-state index contributed by atoms with van der Waals surface area (Å²) in [7, 11) is 1.94. The fourth-order valence-corrected chi connectivity index (χ4v) is 5.53. The van der Waals surface area contributed by atoms with Gasteiger partial charge in [0.15, 0.2) is 5.82 Å². The molecule has 1 unspecified atom stereocenters. The van der Waals surface area contributed by atoms with Crippen molar-refractivity contribution >= 4 is 34.0 Å². The van der Waals surface area contributed by atoms with Crippen LogP contribution in [0.2, 0.25) is 0 Å². The lowest BCUT2D eigenvalue weighted by molar-refractivity contribution is -0.117. The molecule has 1 atom stereocenters. The number of benzene rings is 1. The van der Waals surface area contributed by atoms with Gasteiger partial charge in [-0.3, -0.25) is 19.1 Å². The molecule has 0 radical (unpaired) electrons. The van der Waals surface area contributed by atoms with Crippen LogP contribution in [-0.4, -0.2) is 56.1 Å². The van der Waals surface area contributed by atoms with Crippen molar-refractivity contribution in [3.05, 3.63) is 49.1 Å². The lowest BCUT2D eigenvalue weighted by Crippen LogP contribution is -2.48. The number of piperidine rings is 1. The Labute approximate surface area is 204 Å². The minimum atomic E-state index is 0.00686. The first-order valence-corrected chi connectivity index (χ1v) is 12.2. The van der Waals surface area contributed by atoms with Crippen molar-refractivity contribution in [1.82, 2.24) is 29.9 Å². The number of aromatic nitrogens is 5. The predicted molar refractivity (Wildman–Crippen MR) is 137 cm³/mol. The molecule has 1 fully saturated rings. The van der Waals surface area contributed by atoms with Crippen molar-refractivity contribution in [3.63, 3.8) is 0 Å². The molecule has 0 aliphatic carbocycles. The fraction of sp³-hybridized carbons (Fsp3) is 0.385. The van der Waals surface area contributed by atoms with E-state index >= 15 is 0 Å². The van der Waals surface area contributed by atoms with Crippen LogP contribution < -0.4 is 15.1 Å². The number of anilines is 3. The number of rotatable bonds is 3. The summed E-state index contributed by atoms with van der Waals surface area (Å²) in [6.45, 7) is 6.43. The second kappa shape index (κ2) is 8.49. The zero-order valence-electron chi connectivity index (χ0n) is 20.3. The van der Waals surface area contributed by atoms with Crippen LogP contribution in [-0.2, 0) is 11.8 Å². The number of nitrogens with one attached hydrogen (secondary N) is 1. The number of nitrogens with zero attached hydrogens (tertiary/aromatic N) is 7. The van der Waals surface area contributed by atoms with Gasteiger partial charge >= 0.3 is 0 Å². The van der Waals surface area contributed by atoms with Gasteiger partial charge in [-0.15, -0.1) is 0 Å². The molecule has 2 aliphatic rings. The van der Waals surface area contributed by atoms with Crippen LogP contribution in [0, 0.1) is 0 Å². The zero-order chi connectivity index (χ0) is 24.1. The van der Waals surface area contributed by atoms with Gasteiger partial charge in [-0.2, -0.15) is 10.2 Å². The highest BCUT2D eigenvalue weighted by Crippen LogP contribution is 2.43. The summed E-state index contributed by atoms with van der Waals surface area (Å²) in [5.41, 5.74) is 5.01. The summed E-state index contributed by atoms with van der Waals surface area (Å²) in [5.74, 6) is 0.920. The summed E-state index contributed by atoms with van der Waals surface area (Å²) >= 11 is 0. The molecule has 180 valence electrons. The highest BCUT2D eigenvalue weighted by molar-refractivity contribution is 6.01. The molecule has 6 rings (SSSR count). The van der Waals surface area contributed by atoms with Gasteiger partial charge in [-0.1, -0.05) is 6.07 Å². The Hall–Kier alpha value is -3.72. The van der Waals surface area contributed by atoms with Gasteiger partial charge in [-0.25, -0.2) is 0 Å². The second-order valence-electron chi connectivity index (χ2n) is 9.58. The molecule has 35 heavy (non-hydrogen) atoms. The Kier molecular flexibility index (Phi) is 5.29. The quantitative estimate of drug-likeness (QED) is 0.492. The van der Waals surface area contributed by atoms with Gasteiger partial charge in [0.25, 0.3) is 0 Å². The van der Waals surface area contributed by atoms with E-state index in [0.717, 1.165) is 65.2 Å². The number of hydrogen-bond acceptors (Lipinski definition) is 6. The third-order valence-corrected chi connectivity index (χ3v) is 7.26. The van der Waals surface area contributed by atoms with Gasteiger partial charge in [0.2, 0.25) is 5.91 Å². The Morgan fingerprint density at radius 3 is 2.71 bits per heavy atom. The van der Waals surface area contributed by atoms with E-state index in [2.05, 4.69) is 51.2 Å².